The maximum absolute atomic E-state index is 12.8. The standard InChI is InChI=1S/C19H19BrI2N4O4S/c20-14-1-3-16(4-2-14)31(29,30)26-7-5-25(6-8-26)12-18(27)24-23-11-13-9-15(21)10-17(22)19(13)28/h1-4,9-11,28H,5-8,12H2,(H,24,27)/b23-11+. The van der Waals surface area contributed by atoms with E-state index in [0.717, 1.165) is 8.04 Å². The number of halogens is 3. The summed E-state index contributed by atoms with van der Waals surface area (Å²) in [4.78, 5) is 14.3. The maximum atomic E-state index is 12.8. The Morgan fingerprint density at radius 3 is 2.45 bits per heavy atom. The molecule has 2 N–H and O–H groups in total. The molecule has 1 amide bonds. The van der Waals surface area contributed by atoms with Crippen molar-refractivity contribution in [2.75, 3.05) is 32.7 Å². The molecule has 0 atom stereocenters. The molecular formula is C19H19BrI2N4O4S. The molecule has 8 nitrogen and oxygen atoms in total. The van der Waals surface area contributed by atoms with Gasteiger partial charge < -0.3 is 5.11 Å². The molecule has 0 unspecified atom stereocenters. The number of benzene rings is 2. The molecule has 166 valence electrons. The lowest BCUT2D eigenvalue weighted by Crippen LogP contribution is -2.50. The lowest BCUT2D eigenvalue weighted by atomic mass is 10.2. The van der Waals surface area contributed by atoms with Crippen molar-refractivity contribution in [1.29, 1.82) is 0 Å². The number of sulfonamides is 1. The van der Waals surface area contributed by atoms with Gasteiger partial charge in [-0.1, -0.05) is 15.9 Å². The van der Waals surface area contributed by atoms with E-state index in [-0.39, 0.29) is 23.1 Å². The number of piperazine rings is 1. The summed E-state index contributed by atoms with van der Waals surface area (Å²) in [5, 5.41) is 14.0. The number of carbonyl (C=O) groups excluding carboxylic acids is 1. The highest BCUT2D eigenvalue weighted by atomic mass is 127. The van der Waals surface area contributed by atoms with Gasteiger partial charge in [-0.15, -0.1) is 0 Å². The minimum absolute atomic E-state index is 0.110. The number of amides is 1. The Hall–Kier alpha value is -0.810. The smallest absolute Gasteiger partial charge is 0.254 e. The van der Waals surface area contributed by atoms with Crippen LogP contribution in [0.3, 0.4) is 0 Å². The monoisotopic (exact) mass is 732 g/mol. The Bertz CT molecular complexity index is 1090. The van der Waals surface area contributed by atoms with Crippen LogP contribution in [0.4, 0.5) is 0 Å². The fourth-order valence-electron chi connectivity index (χ4n) is 2.98. The van der Waals surface area contributed by atoms with Crippen molar-refractivity contribution in [3.8, 4) is 5.75 Å². The van der Waals surface area contributed by atoms with Crippen molar-refractivity contribution < 1.29 is 18.3 Å². The van der Waals surface area contributed by atoms with Crippen molar-refractivity contribution in [3.63, 3.8) is 0 Å². The first-order valence-electron chi connectivity index (χ1n) is 9.15. The van der Waals surface area contributed by atoms with Crippen molar-refractivity contribution >= 4 is 83.3 Å². The van der Waals surface area contributed by atoms with Gasteiger partial charge in [-0.25, -0.2) is 13.8 Å². The number of nitrogens with one attached hydrogen (secondary N) is 1. The molecule has 0 spiro atoms. The molecule has 12 heteroatoms. The molecule has 1 heterocycles. The first-order valence-corrected chi connectivity index (χ1v) is 13.5. The quantitative estimate of drug-likeness (QED) is 0.271. The molecule has 0 saturated carbocycles. The van der Waals surface area contributed by atoms with E-state index in [1.807, 2.05) is 33.6 Å². The number of hydrazone groups is 1. The Morgan fingerprint density at radius 2 is 1.81 bits per heavy atom. The van der Waals surface area contributed by atoms with E-state index in [1.54, 1.807) is 30.3 Å². The van der Waals surface area contributed by atoms with Gasteiger partial charge in [0, 0.05) is 39.8 Å². The van der Waals surface area contributed by atoms with Crippen LogP contribution in [0.15, 0.2) is 50.9 Å². The van der Waals surface area contributed by atoms with Crippen LogP contribution in [0.1, 0.15) is 5.56 Å². The summed E-state index contributed by atoms with van der Waals surface area (Å²) in [7, 11) is -3.55. The second-order valence-electron chi connectivity index (χ2n) is 6.75. The zero-order valence-corrected chi connectivity index (χ0v) is 22.9. The highest BCUT2D eigenvalue weighted by Crippen LogP contribution is 2.25. The van der Waals surface area contributed by atoms with E-state index < -0.39 is 10.0 Å². The molecule has 1 fully saturated rings. The largest absolute Gasteiger partial charge is 0.506 e. The van der Waals surface area contributed by atoms with Crippen LogP contribution >= 0.6 is 61.1 Å². The first kappa shape index (κ1) is 24.8. The zero-order valence-electron chi connectivity index (χ0n) is 16.1. The summed E-state index contributed by atoms with van der Waals surface area (Å²) in [5.74, 6) is -0.192. The summed E-state index contributed by atoms with van der Waals surface area (Å²) >= 11 is 7.47. The van der Waals surface area contributed by atoms with Gasteiger partial charge in [-0.3, -0.25) is 9.69 Å². The number of phenolic OH excluding ortho intramolecular Hbond substituents is 1. The third kappa shape index (κ3) is 6.60. The molecule has 2 aromatic carbocycles. The Labute approximate surface area is 216 Å². The fraction of sp³-hybridized carbons (Fsp3) is 0.263. The lowest BCUT2D eigenvalue weighted by Gasteiger charge is -2.33. The molecule has 31 heavy (non-hydrogen) atoms. The number of hydrogen-bond acceptors (Lipinski definition) is 6. The Kier molecular flexibility index (Phi) is 8.71. The van der Waals surface area contributed by atoms with E-state index in [0.29, 0.717) is 35.3 Å². The second kappa shape index (κ2) is 10.9. The minimum Gasteiger partial charge on any atom is -0.506 e. The van der Waals surface area contributed by atoms with Gasteiger partial charge in [-0.2, -0.15) is 9.41 Å². The van der Waals surface area contributed by atoms with E-state index in [1.165, 1.54) is 10.5 Å². The molecule has 0 aliphatic carbocycles. The average Bonchev–Trinajstić information content (AvgIpc) is 2.72. The van der Waals surface area contributed by atoms with Gasteiger partial charge in [0.25, 0.3) is 5.91 Å². The van der Waals surface area contributed by atoms with E-state index >= 15 is 0 Å². The Balaban J connectivity index is 1.50. The van der Waals surface area contributed by atoms with Crippen LogP contribution in [0.5, 0.6) is 5.75 Å². The molecule has 1 aliphatic heterocycles. The maximum Gasteiger partial charge on any atom is 0.254 e. The molecule has 0 radical (unpaired) electrons. The van der Waals surface area contributed by atoms with Gasteiger partial charge >= 0.3 is 0 Å². The van der Waals surface area contributed by atoms with Crippen molar-refractivity contribution in [1.82, 2.24) is 14.6 Å². The summed E-state index contributed by atoms with van der Waals surface area (Å²) in [6.45, 7) is 1.62. The van der Waals surface area contributed by atoms with Crippen molar-refractivity contribution in [2.24, 2.45) is 5.10 Å². The zero-order chi connectivity index (χ0) is 22.6. The lowest BCUT2D eigenvalue weighted by molar-refractivity contribution is -0.122. The molecule has 2 aromatic rings. The van der Waals surface area contributed by atoms with E-state index in [9.17, 15) is 18.3 Å². The highest BCUT2D eigenvalue weighted by molar-refractivity contribution is 14.1. The van der Waals surface area contributed by atoms with Gasteiger partial charge in [0.05, 0.1) is 21.2 Å². The summed E-state index contributed by atoms with van der Waals surface area (Å²) in [5.41, 5.74) is 2.97. The predicted octanol–water partition coefficient (Wildman–Crippen LogP) is 2.82. The number of aromatic hydroxyl groups is 1. The molecule has 1 saturated heterocycles. The number of hydrogen-bond donors (Lipinski definition) is 2. The highest BCUT2D eigenvalue weighted by Gasteiger charge is 2.28. The number of carbonyl (C=O) groups is 1. The van der Waals surface area contributed by atoms with E-state index in [2.05, 4.69) is 49.0 Å². The number of phenols is 1. The summed E-state index contributed by atoms with van der Waals surface area (Å²) in [6, 6.07) is 10.1. The van der Waals surface area contributed by atoms with Gasteiger partial charge in [-0.05, 0) is 81.6 Å². The van der Waals surface area contributed by atoms with Gasteiger partial charge in [0.2, 0.25) is 10.0 Å². The number of nitrogens with zero attached hydrogens (tertiary/aromatic N) is 3. The number of rotatable bonds is 6. The van der Waals surface area contributed by atoms with Crippen LogP contribution in [-0.2, 0) is 14.8 Å². The average molecular weight is 733 g/mol. The van der Waals surface area contributed by atoms with Crippen LogP contribution in [0.25, 0.3) is 0 Å². The van der Waals surface area contributed by atoms with Crippen LogP contribution in [0, 0.1) is 7.14 Å². The van der Waals surface area contributed by atoms with Gasteiger partial charge in [0.15, 0.2) is 0 Å². The van der Waals surface area contributed by atoms with Gasteiger partial charge in [0.1, 0.15) is 5.75 Å². The molecular weight excluding hydrogens is 714 g/mol. The third-order valence-electron chi connectivity index (χ3n) is 4.60. The topological polar surface area (TPSA) is 102 Å². The molecule has 0 aromatic heterocycles. The SMILES string of the molecule is O=C(CN1CCN(S(=O)(=O)c2ccc(Br)cc2)CC1)N/N=C/c1cc(I)cc(I)c1O. The van der Waals surface area contributed by atoms with Crippen molar-refractivity contribution in [2.45, 2.75) is 4.90 Å². The molecule has 3 rings (SSSR count). The molecule has 0 bridgehead atoms. The van der Waals surface area contributed by atoms with Crippen LogP contribution < -0.4 is 5.43 Å². The Morgan fingerprint density at radius 1 is 1.16 bits per heavy atom. The normalized spacial score (nSPS) is 16.0. The van der Waals surface area contributed by atoms with E-state index in [4.69, 9.17) is 0 Å². The third-order valence-corrected chi connectivity index (χ3v) is 8.49. The van der Waals surface area contributed by atoms with Crippen molar-refractivity contribution in [3.05, 3.63) is 53.6 Å². The second-order valence-corrected chi connectivity index (χ2v) is 12.0. The first-order chi connectivity index (χ1) is 14.7. The fourth-order valence-corrected chi connectivity index (χ4v) is 6.56. The molecule has 1 aliphatic rings. The predicted molar refractivity (Wildman–Crippen MR) is 139 cm³/mol. The summed E-state index contributed by atoms with van der Waals surface area (Å²) < 4.78 is 29.4. The minimum atomic E-state index is -3.55. The van der Waals surface area contributed by atoms with Crippen LogP contribution in [0.2, 0.25) is 0 Å². The summed E-state index contributed by atoms with van der Waals surface area (Å²) in [6.07, 6.45) is 1.40. The van der Waals surface area contributed by atoms with Crippen LogP contribution in [-0.4, -0.2) is 67.6 Å².